The monoisotopic (exact) mass is 353 g/mol. The Balaban J connectivity index is 1.92. The SMILES string of the molecule is CC(=NOC(=O)C(N)C(=O)ON=C(C)c1ccccc1)c1ccccc1. The van der Waals surface area contributed by atoms with Crippen LogP contribution in [0.4, 0.5) is 0 Å². The molecule has 0 aliphatic heterocycles. The van der Waals surface area contributed by atoms with E-state index in [-0.39, 0.29) is 0 Å². The number of carbonyl (C=O) groups excluding carboxylic acids is 2. The van der Waals surface area contributed by atoms with Crippen molar-refractivity contribution in [1.82, 2.24) is 0 Å². The lowest BCUT2D eigenvalue weighted by Gasteiger charge is -2.06. The summed E-state index contributed by atoms with van der Waals surface area (Å²) in [6, 6.07) is 16.6. The van der Waals surface area contributed by atoms with Crippen LogP contribution in [0.1, 0.15) is 25.0 Å². The average molecular weight is 353 g/mol. The van der Waals surface area contributed by atoms with Gasteiger partial charge in [0.05, 0.1) is 11.4 Å². The quantitative estimate of drug-likeness (QED) is 0.371. The number of nitrogens with two attached hydrogens (primary N) is 1. The summed E-state index contributed by atoms with van der Waals surface area (Å²) in [4.78, 5) is 33.1. The van der Waals surface area contributed by atoms with Gasteiger partial charge in [0.15, 0.2) is 0 Å². The summed E-state index contributed by atoms with van der Waals surface area (Å²) >= 11 is 0. The van der Waals surface area contributed by atoms with E-state index in [0.29, 0.717) is 11.4 Å². The van der Waals surface area contributed by atoms with E-state index in [4.69, 9.17) is 15.4 Å². The topological polar surface area (TPSA) is 103 Å². The minimum atomic E-state index is -1.64. The molecule has 0 heterocycles. The van der Waals surface area contributed by atoms with Crippen LogP contribution in [0.2, 0.25) is 0 Å². The smallest absolute Gasteiger partial charge is 0.316 e. The zero-order valence-corrected chi connectivity index (χ0v) is 14.5. The summed E-state index contributed by atoms with van der Waals surface area (Å²) < 4.78 is 0. The van der Waals surface area contributed by atoms with Crippen molar-refractivity contribution in [1.29, 1.82) is 0 Å². The number of oxime groups is 2. The molecule has 0 aliphatic carbocycles. The van der Waals surface area contributed by atoms with Crippen LogP contribution in [0.5, 0.6) is 0 Å². The van der Waals surface area contributed by atoms with Crippen LogP contribution in [0.25, 0.3) is 0 Å². The maximum atomic E-state index is 11.8. The fourth-order valence-electron chi connectivity index (χ4n) is 1.90. The number of nitrogens with zero attached hydrogens (tertiary/aromatic N) is 2. The molecule has 7 heteroatoms. The van der Waals surface area contributed by atoms with Crippen LogP contribution in [-0.4, -0.2) is 29.4 Å². The van der Waals surface area contributed by atoms with Gasteiger partial charge in [-0.1, -0.05) is 71.0 Å². The van der Waals surface area contributed by atoms with E-state index >= 15 is 0 Å². The van der Waals surface area contributed by atoms with Gasteiger partial charge in [-0.3, -0.25) is 0 Å². The molecule has 2 aromatic carbocycles. The molecule has 134 valence electrons. The predicted octanol–water partition coefficient (Wildman–Crippen LogP) is 2.25. The zero-order valence-electron chi connectivity index (χ0n) is 14.5. The Morgan fingerprint density at radius 2 is 1.12 bits per heavy atom. The van der Waals surface area contributed by atoms with Gasteiger partial charge < -0.3 is 15.4 Å². The van der Waals surface area contributed by atoms with Crippen molar-refractivity contribution in [3.05, 3.63) is 71.8 Å². The standard InChI is InChI=1S/C19H19N3O4/c1-13(15-9-5-3-6-10-15)21-25-18(23)17(20)19(24)26-22-14(2)16-11-7-4-8-12-16/h3-12,17H,20H2,1-2H3. The Bertz CT molecular complexity index is 748. The maximum Gasteiger partial charge on any atom is 0.363 e. The summed E-state index contributed by atoms with van der Waals surface area (Å²) in [5, 5.41) is 7.37. The van der Waals surface area contributed by atoms with Gasteiger partial charge in [0.2, 0.25) is 6.04 Å². The van der Waals surface area contributed by atoms with Crippen molar-refractivity contribution in [2.45, 2.75) is 19.9 Å². The highest BCUT2D eigenvalue weighted by atomic mass is 16.7. The van der Waals surface area contributed by atoms with Crippen LogP contribution >= 0.6 is 0 Å². The molecule has 0 saturated heterocycles. The van der Waals surface area contributed by atoms with E-state index in [1.807, 2.05) is 60.7 Å². The molecule has 0 aromatic heterocycles. The molecule has 0 bridgehead atoms. The molecule has 0 radical (unpaired) electrons. The van der Waals surface area contributed by atoms with Crippen LogP contribution in [0, 0.1) is 0 Å². The van der Waals surface area contributed by atoms with E-state index in [9.17, 15) is 9.59 Å². The van der Waals surface area contributed by atoms with E-state index in [1.54, 1.807) is 13.8 Å². The lowest BCUT2D eigenvalue weighted by molar-refractivity contribution is -0.157. The maximum absolute atomic E-state index is 11.8. The first-order chi connectivity index (χ1) is 12.5. The molecule has 0 atom stereocenters. The van der Waals surface area contributed by atoms with Crippen molar-refractivity contribution in [2.24, 2.45) is 16.0 Å². The second kappa shape index (κ2) is 9.24. The summed E-state index contributed by atoms with van der Waals surface area (Å²) in [6.45, 7) is 3.33. The largest absolute Gasteiger partial charge is 0.363 e. The minimum absolute atomic E-state index is 0.470. The molecule has 2 aromatic rings. The van der Waals surface area contributed by atoms with Gasteiger partial charge >= 0.3 is 11.9 Å². The lowest BCUT2D eigenvalue weighted by Crippen LogP contribution is -2.40. The minimum Gasteiger partial charge on any atom is -0.316 e. The lowest BCUT2D eigenvalue weighted by atomic mass is 10.1. The first-order valence-electron chi connectivity index (χ1n) is 7.86. The average Bonchev–Trinajstić information content (AvgIpc) is 2.70. The highest BCUT2D eigenvalue weighted by molar-refractivity contribution is 6.02. The normalized spacial score (nSPS) is 13.0. The number of carbonyl (C=O) groups is 2. The molecule has 0 fully saturated rings. The Morgan fingerprint density at radius 3 is 1.46 bits per heavy atom. The van der Waals surface area contributed by atoms with Gasteiger partial charge in [0, 0.05) is 0 Å². The highest BCUT2D eigenvalue weighted by Crippen LogP contribution is 2.03. The molecule has 26 heavy (non-hydrogen) atoms. The van der Waals surface area contributed by atoms with E-state index < -0.39 is 18.0 Å². The van der Waals surface area contributed by atoms with Gasteiger partial charge in [0.25, 0.3) is 0 Å². The second-order valence-corrected chi connectivity index (χ2v) is 5.38. The molecule has 2 N–H and O–H groups in total. The van der Waals surface area contributed by atoms with Crippen molar-refractivity contribution in [3.8, 4) is 0 Å². The Kier molecular flexibility index (Phi) is 6.75. The fraction of sp³-hybridized carbons (Fsp3) is 0.158. The van der Waals surface area contributed by atoms with Crippen molar-refractivity contribution < 1.29 is 19.3 Å². The van der Waals surface area contributed by atoms with Gasteiger partial charge in [-0.2, -0.15) is 0 Å². The van der Waals surface area contributed by atoms with Crippen molar-refractivity contribution >= 4 is 23.4 Å². The first kappa shape index (κ1) is 19.0. The summed E-state index contributed by atoms with van der Waals surface area (Å²) in [5.74, 6) is -2.06. The van der Waals surface area contributed by atoms with Gasteiger partial charge in [-0.15, -0.1) is 0 Å². The Morgan fingerprint density at radius 1 is 0.769 bits per heavy atom. The molecule has 0 saturated carbocycles. The van der Waals surface area contributed by atoms with Crippen LogP contribution < -0.4 is 5.73 Å². The van der Waals surface area contributed by atoms with Crippen LogP contribution in [0.15, 0.2) is 71.0 Å². The molecule has 0 amide bonds. The summed E-state index contributed by atoms with van der Waals surface area (Å²) in [6.07, 6.45) is 0. The number of rotatable bonds is 6. The van der Waals surface area contributed by atoms with Crippen LogP contribution in [-0.2, 0) is 19.3 Å². The summed E-state index contributed by atoms with van der Waals surface area (Å²) in [5.41, 5.74) is 8.02. The fourth-order valence-corrected chi connectivity index (χ4v) is 1.90. The Hall–Kier alpha value is -3.32. The van der Waals surface area contributed by atoms with E-state index in [2.05, 4.69) is 10.3 Å². The number of benzene rings is 2. The van der Waals surface area contributed by atoms with E-state index in [0.717, 1.165) is 11.1 Å². The molecular formula is C19H19N3O4. The van der Waals surface area contributed by atoms with E-state index in [1.165, 1.54) is 0 Å². The van der Waals surface area contributed by atoms with Gasteiger partial charge in [-0.05, 0) is 25.0 Å². The number of hydrogen-bond acceptors (Lipinski definition) is 7. The third kappa shape index (κ3) is 5.35. The predicted molar refractivity (Wildman–Crippen MR) is 97.5 cm³/mol. The second-order valence-electron chi connectivity index (χ2n) is 5.38. The molecule has 0 unspecified atom stereocenters. The third-order valence-electron chi connectivity index (χ3n) is 3.44. The molecule has 7 nitrogen and oxygen atoms in total. The van der Waals surface area contributed by atoms with Crippen molar-refractivity contribution in [2.75, 3.05) is 0 Å². The summed E-state index contributed by atoms with van der Waals surface area (Å²) in [7, 11) is 0. The molecule has 0 spiro atoms. The van der Waals surface area contributed by atoms with Gasteiger partial charge in [0.1, 0.15) is 0 Å². The molecule has 2 rings (SSSR count). The Labute approximate surface area is 151 Å². The van der Waals surface area contributed by atoms with Crippen molar-refractivity contribution in [3.63, 3.8) is 0 Å². The highest BCUT2D eigenvalue weighted by Gasteiger charge is 2.26. The number of hydrogen-bond donors (Lipinski definition) is 1. The third-order valence-corrected chi connectivity index (χ3v) is 3.44. The van der Waals surface area contributed by atoms with Gasteiger partial charge in [-0.25, -0.2) is 9.59 Å². The van der Waals surface area contributed by atoms with Crippen LogP contribution in [0.3, 0.4) is 0 Å². The molecule has 0 aliphatic rings. The zero-order chi connectivity index (χ0) is 18.9. The first-order valence-corrected chi connectivity index (χ1v) is 7.86. The molecular weight excluding hydrogens is 334 g/mol.